The lowest BCUT2D eigenvalue weighted by Crippen LogP contribution is -2.20. The third-order valence-electron chi connectivity index (χ3n) is 2.22. The molecule has 0 saturated carbocycles. The molecule has 0 bridgehead atoms. The minimum absolute atomic E-state index is 0.0121. The van der Waals surface area contributed by atoms with Crippen LogP contribution in [0.5, 0.6) is 0 Å². The van der Waals surface area contributed by atoms with Gasteiger partial charge in [0.05, 0.1) is 11.0 Å². The quantitative estimate of drug-likeness (QED) is 0.607. The van der Waals surface area contributed by atoms with Gasteiger partial charge < -0.3 is 10.1 Å². The molecule has 0 aromatic carbocycles. The lowest BCUT2D eigenvalue weighted by Gasteiger charge is -2.13. The number of rotatable bonds is 6. The van der Waals surface area contributed by atoms with Crippen LogP contribution in [0.1, 0.15) is 19.5 Å². The maximum absolute atomic E-state index is 10.8. The molecule has 0 spiro atoms. The zero-order chi connectivity index (χ0) is 12.8. The molecular formula is C11H17N3O3. The van der Waals surface area contributed by atoms with Crippen molar-refractivity contribution < 1.29 is 9.66 Å². The number of nitrogens with zero attached hydrogens (tertiary/aromatic N) is 2. The van der Waals surface area contributed by atoms with Gasteiger partial charge in [0.1, 0.15) is 0 Å². The summed E-state index contributed by atoms with van der Waals surface area (Å²) in [4.78, 5) is 14.5. The summed E-state index contributed by atoms with van der Waals surface area (Å²) in [5.74, 6) is 0.293. The van der Waals surface area contributed by atoms with Gasteiger partial charge >= 0.3 is 5.69 Å². The Bertz CT molecular complexity index is 396. The number of nitro groups is 1. The molecule has 0 fully saturated rings. The maximum Gasteiger partial charge on any atom is 0.311 e. The summed E-state index contributed by atoms with van der Waals surface area (Å²) in [6.07, 6.45) is -0.0121. The van der Waals surface area contributed by atoms with Crippen molar-refractivity contribution in [3.63, 3.8) is 0 Å². The number of nitrogens with one attached hydrogen (secondary N) is 1. The highest BCUT2D eigenvalue weighted by molar-refractivity contribution is 5.56. The molecule has 1 aromatic rings. The van der Waals surface area contributed by atoms with Crippen LogP contribution in [0, 0.1) is 17.0 Å². The Morgan fingerprint density at radius 1 is 1.59 bits per heavy atom. The molecule has 1 rings (SSSR count). The Hall–Kier alpha value is -1.69. The van der Waals surface area contributed by atoms with Crippen LogP contribution in [0.2, 0.25) is 0 Å². The van der Waals surface area contributed by atoms with Crippen molar-refractivity contribution in [1.82, 2.24) is 4.98 Å². The minimum atomic E-state index is -0.444. The molecule has 0 aliphatic heterocycles. The van der Waals surface area contributed by atoms with Crippen LogP contribution in [-0.4, -0.2) is 29.2 Å². The van der Waals surface area contributed by atoms with Crippen molar-refractivity contribution in [2.45, 2.75) is 26.9 Å². The molecule has 0 saturated heterocycles. The number of hydrogen-bond donors (Lipinski definition) is 1. The van der Waals surface area contributed by atoms with E-state index < -0.39 is 4.92 Å². The van der Waals surface area contributed by atoms with E-state index in [1.807, 2.05) is 13.8 Å². The summed E-state index contributed by atoms with van der Waals surface area (Å²) < 4.78 is 5.33. The lowest BCUT2D eigenvalue weighted by molar-refractivity contribution is -0.384. The van der Waals surface area contributed by atoms with E-state index in [0.717, 1.165) is 5.69 Å². The van der Waals surface area contributed by atoms with Crippen molar-refractivity contribution in [2.24, 2.45) is 0 Å². The summed E-state index contributed by atoms with van der Waals surface area (Å²) >= 11 is 0. The smallest absolute Gasteiger partial charge is 0.311 e. The number of pyridine rings is 1. The summed E-state index contributed by atoms with van der Waals surface area (Å²) in [6.45, 7) is 6.71. The van der Waals surface area contributed by atoms with E-state index in [2.05, 4.69) is 10.3 Å². The summed E-state index contributed by atoms with van der Waals surface area (Å²) in [6, 6.07) is 3.07. The normalized spacial score (nSPS) is 12.2. The number of ether oxygens (including phenoxy) is 1. The summed E-state index contributed by atoms with van der Waals surface area (Å²) in [5, 5.41) is 13.7. The van der Waals surface area contributed by atoms with Gasteiger partial charge in [-0.1, -0.05) is 0 Å². The van der Waals surface area contributed by atoms with Crippen molar-refractivity contribution in [3.8, 4) is 0 Å². The highest BCUT2D eigenvalue weighted by atomic mass is 16.6. The Morgan fingerprint density at radius 2 is 2.29 bits per heavy atom. The van der Waals surface area contributed by atoms with Gasteiger partial charge in [0, 0.05) is 24.9 Å². The molecule has 94 valence electrons. The Labute approximate surface area is 100 Å². The number of hydrogen-bond acceptors (Lipinski definition) is 5. The second-order valence-electron chi connectivity index (χ2n) is 3.72. The molecule has 6 nitrogen and oxygen atoms in total. The topological polar surface area (TPSA) is 77.3 Å². The predicted molar refractivity (Wildman–Crippen MR) is 65.2 cm³/mol. The molecule has 6 heteroatoms. The predicted octanol–water partition coefficient (Wildman–Crippen LogP) is 2.14. The minimum Gasteiger partial charge on any atom is -0.377 e. The second kappa shape index (κ2) is 6.15. The molecule has 0 aliphatic carbocycles. The number of aromatic nitrogens is 1. The fourth-order valence-electron chi connectivity index (χ4n) is 1.41. The molecule has 1 heterocycles. The van der Waals surface area contributed by atoms with Crippen molar-refractivity contribution in [1.29, 1.82) is 0 Å². The molecular weight excluding hydrogens is 222 g/mol. The SMILES string of the molecule is CCOC(C)CNc1nc(C)ccc1[N+](=O)[O-]. The first-order valence-electron chi connectivity index (χ1n) is 5.52. The van der Waals surface area contributed by atoms with E-state index >= 15 is 0 Å². The van der Waals surface area contributed by atoms with E-state index in [1.54, 1.807) is 13.0 Å². The standard InChI is InChI=1S/C11H17N3O3/c1-4-17-9(3)7-12-11-10(14(15)16)6-5-8(2)13-11/h5-6,9H,4,7H2,1-3H3,(H,12,13). The first-order chi connectivity index (χ1) is 8.04. The van der Waals surface area contributed by atoms with Gasteiger partial charge in [-0.2, -0.15) is 0 Å². The first-order valence-corrected chi connectivity index (χ1v) is 5.52. The van der Waals surface area contributed by atoms with Gasteiger partial charge in [-0.05, 0) is 26.8 Å². The Morgan fingerprint density at radius 3 is 2.88 bits per heavy atom. The summed E-state index contributed by atoms with van der Waals surface area (Å²) in [7, 11) is 0. The Balaban J connectivity index is 2.75. The molecule has 0 aliphatic rings. The Kier molecular flexibility index (Phi) is 4.84. The molecule has 1 N–H and O–H groups in total. The average molecular weight is 239 g/mol. The molecule has 1 aromatic heterocycles. The highest BCUT2D eigenvalue weighted by Crippen LogP contribution is 2.21. The summed E-state index contributed by atoms with van der Waals surface area (Å²) in [5.41, 5.74) is 0.724. The van der Waals surface area contributed by atoms with Gasteiger partial charge in [-0.15, -0.1) is 0 Å². The van der Waals surface area contributed by atoms with Crippen LogP contribution in [0.15, 0.2) is 12.1 Å². The van der Waals surface area contributed by atoms with Gasteiger partial charge in [-0.25, -0.2) is 4.98 Å². The van der Waals surface area contributed by atoms with Crippen LogP contribution >= 0.6 is 0 Å². The lowest BCUT2D eigenvalue weighted by atomic mass is 10.3. The van der Waals surface area contributed by atoms with Crippen LogP contribution in [-0.2, 0) is 4.74 Å². The fraction of sp³-hybridized carbons (Fsp3) is 0.545. The molecule has 0 amide bonds. The van der Waals surface area contributed by atoms with Crippen LogP contribution in [0.25, 0.3) is 0 Å². The maximum atomic E-state index is 10.8. The van der Waals surface area contributed by atoms with Crippen LogP contribution < -0.4 is 5.32 Å². The molecule has 1 atom stereocenters. The third-order valence-corrected chi connectivity index (χ3v) is 2.22. The zero-order valence-electron chi connectivity index (χ0n) is 10.3. The number of anilines is 1. The van der Waals surface area contributed by atoms with Gasteiger partial charge in [0.15, 0.2) is 0 Å². The van der Waals surface area contributed by atoms with E-state index in [1.165, 1.54) is 6.07 Å². The zero-order valence-corrected chi connectivity index (χ0v) is 10.3. The van der Waals surface area contributed by atoms with Crippen molar-refractivity contribution in [2.75, 3.05) is 18.5 Å². The molecule has 1 unspecified atom stereocenters. The van der Waals surface area contributed by atoms with E-state index in [-0.39, 0.29) is 11.8 Å². The highest BCUT2D eigenvalue weighted by Gasteiger charge is 2.15. The largest absolute Gasteiger partial charge is 0.377 e. The first kappa shape index (κ1) is 13.4. The fourth-order valence-corrected chi connectivity index (χ4v) is 1.41. The van der Waals surface area contributed by atoms with Gasteiger partial charge in [-0.3, -0.25) is 10.1 Å². The van der Waals surface area contributed by atoms with Gasteiger partial charge in [0.2, 0.25) is 5.82 Å². The van der Waals surface area contributed by atoms with Gasteiger partial charge in [0.25, 0.3) is 0 Å². The van der Waals surface area contributed by atoms with E-state index in [0.29, 0.717) is 19.0 Å². The second-order valence-corrected chi connectivity index (χ2v) is 3.72. The van der Waals surface area contributed by atoms with E-state index in [4.69, 9.17) is 4.74 Å². The third kappa shape index (κ3) is 3.99. The van der Waals surface area contributed by atoms with Crippen LogP contribution in [0.3, 0.4) is 0 Å². The molecule has 17 heavy (non-hydrogen) atoms. The van der Waals surface area contributed by atoms with Crippen molar-refractivity contribution >= 4 is 11.5 Å². The van der Waals surface area contributed by atoms with Crippen molar-refractivity contribution in [3.05, 3.63) is 27.9 Å². The average Bonchev–Trinajstić information content (AvgIpc) is 2.26. The monoisotopic (exact) mass is 239 g/mol. The molecule has 0 radical (unpaired) electrons. The number of aryl methyl sites for hydroxylation is 1. The van der Waals surface area contributed by atoms with E-state index in [9.17, 15) is 10.1 Å². The van der Waals surface area contributed by atoms with Crippen LogP contribution in [0.4, 0.5) is 11.5 Å².